The Morgan fingerprint density at radius 3 is 2.55 bits per heavy atom. The second-order valence-electron chi connectivity index (χ2n) is 8.53. The first-order valence-corrected chi connectivity index (χ1v) is 11.6. The molecule has 2 N–H and O–H groups in total. The van der Waals surface area contributed by atoms with Crippen LogP contribution in [0.5, 0.6) is 0 Å². The van der Waals surface area contributed by atoms with Gasteiger partial charge in [0, 0.05) is 29.7 Å². The molecule has 0 unspecified atom stereocenters. The molecular formula is C25H29N3O2S. The second kappa shape index (κ2) is 9.20. The third kappa shape index (κ3) is 4.65. The van der Waals surface area contributed by atoms with E-state index >= 15 is 0 Å². The van der Waals surface area contributed by atoms with Crippen LogP contribution < -0.4 is 5.73 Å². The predicted molar refractivity (Wildman–Crippen MR) is 126 cm³/mol. The standard InChI is InChI=1S/C25H29N3O2S/c1-17(2)28(14-18-8-4-3-5-9-18)22(29)16-27-13-12-19(15-27)23-20-10-6-7-11-21(20)31-24(23)25(26)30/h3-11,17,19H,12-16H2,1-2H3,(H2,26,30)/t19-/m0/s1. The number of nitrogens with zero attached hydrogens (tertiary/aromatic N) is 2. The molecule has 0 bridgehead atoms. The van der Waals surface area contributed by atoms with Crippen molar-refractivity contribution in [2.75, 3.05) is 19.6 Å². The second-order valence-corrected chi connectivity index (χ2v) is 9.58. The Morgan fingerprint density at radius 2 is 1.84 bits per heavy atom. The van der Waals surface area contributed by atoms with Gasteiger partial charge in [-0.1, -0.05) is 48.5 Å². The summed E-state index contributed by atoms with van der Waals surface area (Å²) in [6.45, 7) is 6.75. The highest BCUT2D eigenvalue weighted by Crippen LogP contribution is 2.39. The molecule has 1 fully saturated rings. The molecule has 1 aromatic heterocycles. The van der Waals surface area contributed by atoms with E-state index in [2.05, 4.69) is 36.9 Å². The number of rotatable bonds is 7. The van der Waals surface area contributed by atoms with Crippen molar-refractivity contribution in [1.82, 2.24) is 9.80 Å². The zero-order valence-electron chi connectivity index (χ0n) is 18.1. The first-order chi connectivity index (χ1) is 14.9. The van der Waals surface area contributed by atoms with Crippen LogP contribution in [0.4, 0.5) is 0 Å². The normalized spacial score (nSPS) is 16.8. The van der Waals surface area contributed by atoms with Gasteiger partial charge in [-0.3, -0.25) is 14.5 Å². The molecule has 2 amide bonds. The Hall–Kier alpha value is -2.70. The zero-order valence-corrected chi connectivity index (χ0v) is 18.9. The number of likely N-dealkylation sites (tertiary alicyclic amines) is 1. The van der Waals surface area contributed by atoms with Crippen LogP contribution in [0.2, 0.25) is 0 Å². The predicted octanol–water partition coefficient (Wildman–Crippen LogP) is 4.23. The van der Waals surface area contributed by atoms with Crippen LogP contribution in [-0.4, -0.2) is 47.3 Å². The molecular weight excluding hydrogens is 406 g/mol. The minimum absolute atomic E-state index is 0.133. The molecule has 1 aliphatic rings. The topological polar surface area (TPSA) is 66.6 Å². The van der Waals surface area contributed by atoms with Gasteiger partial charge in [0.25, 0.3) is 5.91 Å². The average Bonchev–Trinajstić information content (AvgIpc) is 3.36. The van der Waals surface area contributed by atoms with E-state index in [0.717, 1.165) is 40.7 Å². The van der Waals surface area contributed by atoms with Crippen LogP contribution in [0.25, 0.3) is 10.1 Å². The molecule has 2 aromatic carbocycles. The van der Waals surface area contributed by atoms with E-state index in [4.69, 9.17) is 5.73 Å². The lowest BCUT2D eigenvalue weighted by Gasteiger charge is -2.29. The summed E-state index contributed by atoms with van der Waals surface area (Å²) in [5, 5.41) is 1.12. The van der Waals surface area contributed by atoms with E-state index in [1.807, 2.05) is 41.3 Å². The number of hydrogen-bond donors (Lipinski definition) is 1. The van der Waals surface area contributed by atoms with Crippen LogP contribution in [0.3, 0.4) is 0 Å². The summed E-state index contributed by atoms with van der Waals surface area (Å²) in [6.07, 6.45) is 0.925. The van der Waals surface area contributed by atoms with Gasteiger partial charge in [0.15, 0.2) is 0 Å². The smallest absolute Gasteiger partial charge is 0.259 e. The van der Waals surface area contributed by atoms with E-state index in [1.165, 1.54) is 11.3 Å². The molecule has 0 spiro atoms. The number of carbonyl (C=O) groups excluding carboxylic acids is 2. The minimum atomic E-state index is -0.362. The molecule has 1 aliphatic heterocycles. The molecule has 162 valence electrons. The highest BCUT2D eigenvalue weighted by molar-refractivity contribution is 7.21. The van der Waals surface area contributed by atoms with Gasteiger partial charge in [0.05, 0.1) is 11.4 Å². The molecule has 3 aromatic rings. The molecule has 2 heterocycles. The number of thiophene rings is 1. The lowest BCUT2D eigenvalue weighted by atomic mass is 9.95. The van der Waals surface area contributed by atoms with Gasteiger partial charge < -0.3 is 10.6 Å². The van der Waals surface area contributed by atoms with Gasteiger partial charge in [-0.2, -0.15) is 0 Å². The fraction of sp³-hybridized carbons (Fsp3) is 0.360. The first-order valence-electron chi connectivity index (χ1n) is 10.8. The molecule has 5 nitrogen and oxygen atoms in total. The largest absolute Gasteiger partial charge is 0.365 e. The van der Waals surface area contributed by atoms with E-state index in [-0.39, 0.29) is 23.8 Å². The quantitative estimate of drug-likeness (QED) is 0.604. The van der Waals surface area contributed by atoms with Gasteiger partial charge in [0.1, 0.15) is 0 Å². The SMILES string of the molecule is CC(C)N(Cc1ccccc1)C(=O)CN1CC[C@H](c2c(C(N)=O)sc3ccccc23)C1. The molecule has 4 rings (SSSR count). The lowest BCUT2D eigenvalue weighted by molar-refractivity contribution is -0.134. The molecule has 1 saturated heterocycles. The Bertz CT molecular complexity index is 1080. The summed E-state index contributed by atoms with van der Waals surface area (Å²) in [5.74, 6) is -0.00236. The maximum Gasteiger partial charge on any atom is 0.259 e. The van der Waals surface area contributed by atoms with Gasteiger partial charge in [-0.25, -0.2) is 0 Å². The zero-order chi connectivity index (χ0) is 22.0. The van der Waals surface area contributed by atoms with Crippen LogP contribution in [0, 0.1) is 0 Å². The number of fused-ring (bicyclic) bond motifs is 1. The van der Waals surface area contributed by atoms with Crippen LogP contribution >= 0.6 is 11.3 Å². The van der Waals surface area contributed by atoms with Crippen LogP contribution in [0.15, 0.2) is 54.6 Å². The van der Waals surface area contributed by atoms with Crippen molar-refractivity contribution in [1.29, 1.82) is 0 Å². The Morgan fingerprint density at radius 1 is 1.13 bits per heavy atom. The summed E-state index contributed by atoms with van der Waals surface area (Å²) >= 11 is 1.48. The van der Waals surface area contributed by atoms with E-state index in [9.17, 15) is 9.59 Å². The van der Waals surface area contributed by atoms with E-state index in [0.29, 0.717) is 18.0 Å². The monoisotopic (exact) mass is 435 g/mol. The Balaban J connectivity index is 1.48. The molecule has 0 aliphatic carbocycles. The van der Waals surface area contributed by atoms with Crippen molar-refractivity contribution in [3.8, 4) is 0 Å². The number of primary amides is 1. The van der Waals surface area contributed by atoms with Crippen molar-refractivity contribution in [2.45, 2.75) is 38.8 Å². The molecule has 0 radical (unpaired) electrons. The van der Waals surface area contributed by atoms with Crippen molar-refractivity contribution < 1.29 is 9.59 Å². The number of carbonyl (C=O) groups is 2. The van der Waals surface area contributed by atoms with Crippen LogP contribution in [0.1, 0.15) is 47.0 Å². The third-order valence-electron chi connectivity index (χ3n) is 6.04. The number of nitrogens with two attached hydrogens (primary N) is 1. The van der Waals surface area contributed by atoms with Gasteiger partial charge in [0.2, 0.25) is 5.91 Å². The maximum atomic E-state index is 13.1. The summed E-state index contributed by atoms with van der Waals surface area (Å²) in [5.41, 5.74) is 7.91. The van der Waals surface area contributed by atoms with Gasteiger partial charge >= 0.3 is 0 Å². The van der Waals surface area contributed by atoms with E-state index in [1.54, 1.807) is 0 Å². The van der Waals surface area contributed by atoms with Gasteiger partial charge in [-0.05, 0) is 49.4 Å². The number of benzene rings is 2. The molecule has 6 heteroatoms. The average molecular weight is 436 g/mol. The van der Waals surface area contributed by atoms with Crippen molar-refractivity contribution in [3.05, 3.63) is 70.6 Å². The molecule has 1 atom stereocenters. The number of hydrogen-bond acceptors (Lipinski definition) is 4. The summed E-state index contributed by atoms with van der Waals surface area (Å²) in [7, 11) is 0. The highest BCUT2D eigenvalue weighted by Gasteiger charge is 2.31. The third-order valence-corrected chi connectivity index (χ3v) is 7.24. The van der Waals surface area contributed by atoms with Crippen LogP contribution in [-0.2, 0) is 11.3 Å². The summed E-state index contributed by atoms with van der Waals surface area (Å²) in [4.78, 5) is 30.1. The fourth-order valence-corrected chi connectivity index (χ4v) is 5.63. The maximum absolute atomic E-state index is 13.1. The fourth-order valence-electron chi connectivity index (χ4n) is 4.49. The molecule has 0 saturated carbocycles. The molecule has 31 heavy (non-hydrogen) atoms. The highest BCUT2D eigenvalue weighted by atomic mass is 32.1. The van der Waals surface area contributed by atoms with E-state index < -0.39 is 0 Å². The summed E-state index contributed by atoms with van der Waals surface area (Å²) < 4.78 is 1.09. The lowest BCUT2D eigenvalue weighted by Crippen LogP contribution is -2.42. The number of amides is 2. The minimum Gasteiger partial charge on any atom is -0.365 e. The Kier molecular flexibility index (Phi) is 6.39. The van der Waals surface area contributed by atoms with Crippen molar-refractivity contribution in [3.63, 3.8) is 0 Å². The van der Waals surface area contributed by atoms with Crippen molar-refractivity contribution >= 4 is 33.2 Å². The summed E-state index contributed by atoms with van der Waals surface area (Å²) in [6, 6.07) is 18.3. The first kappa shape index (κ1) is 21.5. The van der Waals surface area contributed by atoms with Gasteiger partial charge in [-0.15, -0.1) is 11.3 Å². The Labute approximate surface area is 187 Å². The van der Waals surface area contributed by atoms with Crippen molar-refractivity contribution in [2.24, 2.45) is 5.73 Å².